The second-order valence-electron chi connectivity index (χ2n) is 8.75. The molecule has 0 radical (unpaired) electrons. The Morgan fingerprint density at radius 1 is 0.833 bits per heavy atom. The quantitative estimate of drug-likeness (QED) is 0.550. The minimum absolute atomic E-state index is 0.0530. The molecule has 0 spiro atoms. The van der Waals surface area contributed by atoms with Crippen molar-refractivity contribution in [3.8, 4) is 0 Å². The number of hydrogen-bond acceptors (Lipinski definition) is 5. The molecule has 2 amide bonds. The summed E-state index contributed by atoms with van der Waals surface area (Å²) in [6, 6.07) is 17.2. The molecule has 10 heteroatoms. The van der Waals surface area contributed by atoms with E-state index in [0.29, 0.717) is 22.6 Å². The van der Waals surface area contributed by atoms with E-state index in [9.17, 15) is 27.9 Å². The largest absolute Gasteiger partial charge is 0.480 e. The molecule has 184 valence electrons. The summed E-state index contributed by atoms with van der Waals surface area (Å²) in [7, 11) is -4.21. The highest BCUT2D eigenvalue weighted by molar-refractivity contribution is 7.93. The van der Waals surface area contributed by atoms with Crippen molar-refractivity contribution >= 4 is 44.9 Å². The van der Waals surface area contributed by atoms with Crippen LogP contribution in [-0.2, 0) is 37.2 Å². The summed E-state index contributed by atoms with van der Waals surface area (Å²) in [5, 5.41) is 12.5. The number of fused-ring (bicyclic) bond motifs is 2. The number of anilines is 3. The maximum atomic E-state index is 14.0. The van der Waals surface area contributed by atoms with Gasteiger partial charge in [0, 0.05) is 31.1 Å². The third-order valence-electron chi connectivity index (χ3n) is 6.44. The van der Waals surface area contributed by atoms with Gasteiger partial charge in [-0.15, -0.1) is 0 Å². The number of amides is 2. The normalized spacial score (nSPS) is 18.5. The van der Waals surface area contributed by atoms with Crippen LogP contribution in [0.15, 0.2) is 77.7 Å². The molecule has 2 N–H and O–H groups in total. The molecule has 2 unspecified atom stereocenters. The van der Waals surface area contributed by atoms with E-state index in [0.717, 1.165) is 9.87 Å². The van der Waals surface area contributed by atoms with Gasteiger partial charge in [0.25, 0.3) is 15.9 Å². The monoisotopic (exact) mass is 505 g/mol. The molecule has 0 saturated heterocycles. The Hall–Kier alpha value is -4.18. The van der Waals surface area contributed by atoms with Crippen molar-refractivity contribution in [2.45, 2.75) is 36.7 Å². The van der Waals surface area contributed by atoms with Crippen molar-refractivity contribution in [1.82, 2.24) is 0 Å². The molecule has 3 aromatic rings. The van der Waals surface area contributed by atoms with E-state index in [1.165, 1.54) is 36.1 Å². The van der Waals surface area contributed by atoms with E-state index in [2.05, 4.69) is 5.32 Å². The number of nitrogens with one attached hydrogen (secondary N) is 1. The summed E-state index contributed by atoms with van der Waals surface area (Å²) >= 11 is 0. The van der Waals surface area contributed by atoms with Gasteiger partial charge in [-0.1, -0.05) is 36.4 Å². The fraction of sp³-hybridized carbons (Fsp3) is 0.192. The third kappa shape index (κ3) is 3.89. The van der Waals surface area contributed by atoms with Crippen molar-refractivity contribution in [3.05, 3.63) is 83.9 Å². The van der Waals surface area contributed by atoms with E-state index in [1.807, 2.05) is 0 Å². The number of rotatable bonds is 5. The maximum Gasteiger partial charge on any atom is 0.327 e. The van der Waals surface area contributed by atoms with Crippen LogP contribution < -0.4 is 14.5 Å². The Morgan fingerprint density at radius 3 is 2.00 bits per heavy atom. The Morgan fingerprint density at radius 2 is 1.39 bits per heavy atom. The van der Waals surface area contributed by atoms with Crippen molar-refractivity contribution in [1.29, 1.82) is 0 Å². The molecular formula is C26H23N3O6S. The number of nitrogens with zero attached hydrogens (tertiary/aromatic N) is 2. The summed E-state index contributed by atoms with van der Waals surface area (Å²) in [5.74, 6) is -2.04. The first-order valence-electron chi connectivity index (χ1n) is 11.3. The minimum Gasteiger partial charge on any atom is -0.480 e. The molecule has 0 fully saturated rings. The first-order valence-corrected chi connectivity index (χ1v) is 12.8. The second kappa shape index (κ2) is 8.80. The van der Waals surface area contributed by atoms with Crippen LogP contribution >= 0.6 is 0 Å². The van der Waals surface area contributed by atoms with Gasteiger partial charge in [-0.25, -0.2) is 13.2 Å². The molecule has 0 aromatic heterocycles. The molecule has 0 bridgehead atoms. The van der Waals surface area contributed by atoms with E-state index < -0.39 is 34.0 Å². The summed E-state index contributed by atoms with van der Waals surface area (Å²) < 4.78 is 28.8. The zero-order valence-corrected chi connectivity index (χ0v) is 20.1. The van der Waals surface area contributed by atoms with Gasteiger partial charge in [0.2, 0.25) is 5.91 Å². The van der Waals surface area contributed by atoms with Crippen LogP contribution in [0, 0.1) is 0 Å². The van der Waals surface area contributed by atoms with Crippen LogP contribution in [0.5, 0.6) is 0 Å². The van der Waals surface area contributed by atoms with Gasteiger partial charge in [0.05, 0.1) is 10.6 Å². The lowest BCUT2D eigenvalue weighted by Gasteiger charge is -2.31. The average molecular weight is 506 g/mol. The topological polar surface area (TPSA) is 124 Å². The number of sulfonamides is 1. The third-order valence-corrected chi connectivity index (χ3v) is 8.28. The average Bonchev–Trinajstić information content (AvgIpc) is 3.43. The van der Waals surface area contributed by atoms with Crippen LogP contribution in [0.25, 0.3) is 0 Å². The number of benzene rings is 3. The lowest BCUT2D eigenvalue weighted by atomic mass is 10.1. The number of carbonyl (C=O) groups is 3. The van der Waals surface area contributed by atoms with Gasteiger partial charge < -0.3 is 10.4 Å². The van der Waals surface area contributed by atoms with Crippen LogP contribution in [-0.4, -0.2) is 43.4 Å². The molecular weight excluding hydrogens is 482 g/mol. The number of carbonyl (C=O) groups excluding carboxylic acids is 2. The van der Waals surface area contributed by atoms with Crippen LogP contribution in [0.2, 0.25) is 0 Å². The van der Waals surface area contributed by atoms with Crippen molar-refractivity contribution < 1.29 is 27.9 Å². The van der Waals surface area contributed by atoms with Gasteiger partial charge in [-0.05, 0) is 47.5 Å². The number of para-hydroxylation sites is 2. The van der Waals surface area contributed by atoms with Gasteiger partial charge >= 0.3 is 5.97 Å². The first kappa shape index (κ1) is 23.6. The molecule has 2 heterocycles. The van der Waals surface area contributed by atoms with Crippen molar-refractivity contribution in [3.63, 3.8) is 0 Å². The fourth-order valence-electron chi connectivity index (χ4n) is 4.89. The van der Waals surface area contributed by atoms with Crippen LogP contribution in [0.3, 0.4) is 0 Å². The van der Waals surface area contributed by atoms with Gasteiger partial charge in [0.1, 0.15) is 12.1 Å². The molecule has 36 heavy (non-hydrogen) atoms. The smallest absolute Gasteiger partial charge is 0.327 e. The van der Waals surface area contributed by atoms with E-state index in [1.54, 1.807) is 48.5 Å². The predicted molar refractivity (Wildman–Crippen MR) is 133 cm³/mol. The molecule has 2 aliphatic heterocycles. The highest BCUT2D eigenvalue weighted by Gasteiger charge is 2.48. The summed E-state index contributed by atoms with van der Waals surface area (Å²) in [4.78, 5) is 38.5. The van der Waals surface area contributed by atoms with E-state index in [-0.39, 0.29) is 23.6 Å². The van der Waals surface area contributed by atoms with E-state index in [4.69, 9.17) is 0 Å². The molecule has 3 aromatic carbocycles. The lowest BCUT2D eigenvalue weighted by Crippen LogP contribution is -2.53. The van der Waals surface area contributed by atoms with Crippen molar-refractivity contribution in [2.75, 3.05) is 14.5 Å². The standard InChI is InChI=1S/C26H23N3O6S/c1-16(30)27-19-10-12-20(13-11-19)36(34,35)29-22-9-5-3-7-18(22)14-23(29)25(31)28-21-8-4-2-6-17(21)15-24(28)26(32)33/h2-13,23-24H,14-15H2,1H3,(H,27,30)(H,32,33). The number of carboxylic acids is 1. The van der Waals surface area contributed by atoms with Gasteiger partial charge in [-0.3, -0.25) is 18.8 Å². The molecule has 5 rings (SSSR count). The number of aliphatic carboxylic acids is 1. The van der Waals surface area contributed by atoms with Crippen molar-refractivity contribution in [2.24, 2.45) is 0 Å². The lowest BCUT2D eigenvalue weighted by molar-refractivity contribution is -0.140. The SMILES string of the molecule is CC(=O)Nc1ccc(S(=O)(=O)N2c3ccccc3CC2C(=O)N2c3ccccc3CC2C(=O)O)cc1. The Balaban J connectivity index is 1.57. The summed E-state index contributed by atoms with van der Waals surface area (Å²) in [6.45, 7) is 1.35. The molecule has 9 nitrogen and oxygen atoms in total. The molecule has 0 saturated carbocycles. The van der Waals surface area contributed by atoms with Crippen LogP contribution in [0.1, 0.15) is 18.1 Å². The van der Waals surface area contributed by atoms with Gasteiger partial charge in [0.15, 0.2) is 0 Å². The van der Waals surface area contributed by atoms with Crippen LogP contribution in [0.4, 0.5) is 17.1 Å². The maximum absolute atomic E-state index is 14.0. The molecule has 2 atom stereocenters. The Bertz CT molecular complexity index is 1490. The summed E-state index contributed by atoms with van der Waals surface area (Å²) in [6.07, 6.45) is 0.261. The molecule has 0 aliphatic carbocycles. The first-order chi connectivity index (χ1) is 17.2. The van der Waals surface area contributed by atoms with Gasteiger partial charge in [-0.2, -0.15) is 0 Å². The van der Waals surface area contributed by atoms with E-state index >= 15 is 0 Å². The number of hydrogen-bond donors (Lipinski definition) is 2. The minimum atomic E-state index is -4.21. The zero-order chi connectivity index (χ0) is 25.6. The zero-order valence-electron chi connectivity index (χ0n) is 19.3. The fourth-order valence-corrected chi connectivity index (χ4v) is 6.53. The highest BCUT2D eigenvalue weighted by atomic mass is 32.2. The predicted octanol–water partition coefficient (Wildman–Crippen LogP) is 2.81. The number of carboxylic acid groups (broad SMARTS) is 1. The summed E-state index contributed by atoms with van der Waals surface area (Å²) in [5.41, 5.74) is 2.68. The molecule has 2 aliphatic rings. The Labute approximate surface area is 208 Å². The second-order valence-corrected chi connectivity index (χ2v) is 10.6. The Kier molecular flexibility index (Phi) is 5.76. The highest BCUT2D eigenvalue weighted by Crippen LogP contribution is 2.40.